The predicted octanol–water partition coefficient (Wildman–Crippen LogP) is 4.80. The van der Waals surface area contributed by atoms with Crippen molar-refractivity contribution in [1.29, 1.82) is 0 Å². The molecule has 4 N–H and O–H groups in total. The molecule has 3 aromatic carbocycles. The van der Waals surface area contributed by atoms with Gasteiger partial charge < -0.3 is 15.8 Å². The lowest BCUT2D eigenvalue weighted by atomic mass is 10.1. The Bertz CT molecular complexity index is 1010. The van der Waals surface area contributed by atoms with Crippen molar-refractivity contribution in [3.8, 4) is 0 Å². The highest BCUT2D eigenvalue weighted by atomic mass is 35.5. The summed E-state index contributed by atoms with van der Waals surface area (Å²) in [5, 5.41) is 5.69. The van der Waals surface area contributed by atoms with Crippen molar-refractivity contribution in [3.63, 3.8) is 0 Å². The minimum Gasteiger partial charge on any atom is -0.444 e. The van der Waals surface area contributed by atoms with Crippen LogP contribution in [-0.4, -0.2) is 12.0 Å². The molecule has 3 rings (SSSR count). The fourth-order valence-corrected chi connectivity index (χ4v) is 2.88. The maximum absolute atomic E-state index is 12.6. The summed E-state index contributed by atoms with van der Waals surface area (Å²) in [4.78, 5) is 24.6. The number of rotatable bonds is 6. The largest absolute Gasteiger partial charge is 0.444 e. The van der Waals surface area contributed by atoms with Gasteiger partial charge in [0, 0.05) is 28.5 Å². The zero-order chi connectivity index (χ0) is 20.6. The second kappa shape index (κ2) is 9.73. The lowest BCUT2D eigenvalue weighted by Gasteiger charge is -2.10. The van der Waals surface area contributed by atoms with Gasteiger partial charge in [-0.25, -0.2) is 4.79 Å². The third kappa shape index (κ3) is 6.07. The maximum Gasteiger partial charge on any atom is 0.411 e. The Kier molecular flexibility index (Phi) is 6.84. The van der Waals surface area contributed by atoms with E-state index in [1.54, 1.807) is 12.1 Å². The van der Waals surface area contributed by atoms with Gasteiger partial charge in [0.25, 0.3) is 5.91 Å². The zero-order valence-electron chi connectivity index (χ0n) is 15.5. The first-order chi connectivity index (χ1) is 14.0. The summed E-state index contributed by atoms with van der Waals surface area (Å²) >= 11 is 6.11. The van der Waals surface area contributed by atoms with Crippen molar-refractivity contribution in [2.24, 2.45) is 5.73 Å². The molecular weight excluding hydrogens is 390 g/mol. The standard InChI is InChI=1S/C22H20ClN3O3/c23-18-10-17(21(27)25-19-8-4-7-16(9-19)13-24)11-20(12-18)26-22(28)29-14-15-5-2-1-3-6-15/h1-12H,13-14,24H2,(H,25,27)(H,26,28). The molecule has 3 aromatic rings. The SMILES string of the molecule is NCc1cccc(NC(=O)c2cc(Cl)cc(NC(=O)OCc3ccccc3)c2)c1. The Morgan fingerprint density at radius 2 is 1.62 bits per heavy atom. The quantitative estimate of drug-likeness (QED) is 0.545. The third-order valence-corrected chi connectivity index (χ3v) is 4.26. The van der Waals surface area contributed by atoms with Crippen LogP contribution in [-0.2, 0) is 17.9 Å². The molecule has 148 valence electrons. The molecule has 0 aliphatic heterocycles. The highest BCUT2D eigenvalue weighted by Gasteiger charge is 2.11. The topological polar surface area (TPSA) is 93.5 Å². The summed E-state index contributed by atoms with van der Waals surface area (Å²) in [5.74, 6) is -0.359. The second-order valence-electron chi connectivity index (χ2n) is 6.27. The fourth-order valence-electron chi connectivity index (χ4n) is 2.65. The minimum absolute atomic E-state index is 0.137. The summed E-state index contributed by atoms with van der Waals surface area (Å²) in [6.07, 6.45) is -0.641. The van der Waals surface area contributed by atoms with Crippen molar-refractivity contribution in [1.82, 2.24) is 0 Å². The first kappa shape index (κ1) is 20.4. The van der Waals surface area contributed by atoms with Crippen molar-refractivity contribution < 1.29 is 14.3 Å². The van der Waals surface area contributed by atoms with Crippen LogP contribution in [0.5, 0.6) is 0 Å². The first-order valence-corrected chi connectivity index (χ1v) is 9.30. The van der Waals surface area contributed by atoms with Gasteiger partial charge in [0.1, 0.15) is 6.61 Å². The van der Waals surface area contributed by atoms with E-state index in [1.807, 2.05) is 42.5 Å². The maximum atomic E-state index is 12.6. The van der Waals surface area contributed by atoms with Crippen molar-refractivity contribution >= 4 is 35.0 Å². The van der Waals surface area contributed by atoms with E-state index in [-0.39, 0.29) is 12.5 Å². The molecule has 6 nitrogen and oxygen atoms in total. The molecule has 0 aromatic heterocycles. The van der Waals surface area contributed by atoms with Crippen LogP contribution in [0.1, 0.15) is 21.5 Å². The first-order valence-electron chi connectivity index (χ1n) is 8.92. The molecule has 29 heavy (non-hydrogen) atoms. The number of halogens is 1. The molecule has 0 bridgehead atoms. The lowest BCUT2D eigenvalue weighted by Crippen LogP contribution is -2.16. The van der Waals surface area contributed by atoms with Crippen LogP contribution >= 0.6 is 11.6 Å². The zero-order valence-corrected chi connectivity index (χ0v) is 16.3. The van der Waals surface area contributed by atoms with Crippen LogP contribution < -0.4 is 16.4 Å². The van der Waals surface area contributed by atoms with Crippen LogP contribution in [0, 0.1) is 0 Å². The third-order valence-electron chi connectivity index (χ3n) is 4.04. The summed E-state index contributed by atoms with van der Waals surface area (Å²) < 4.78 is 5.19. The molecule has 0 heterocycles. The number of nitrogens with one attached hydrogen (secondary N) is 2. The number of carbonyl (C=O) groups is 2. The fraction of sp³-hybridized carbons (Fsp3) is 0.0909. The summed E-state index contributed by atoms with van der Waals surface area (Å²) in [6, 6.07) is 21.1. The smallest absolute Gasteiger partial charge is 0.411 e. The molecule has 0 saturated heterocycles. The van der Waals surface area contributed by atoms with E-state index in [1.165, 1.54) is 18.2 Å². The molecule has 0 spiro atoms. The molecule has 0 saturated carbocycles. The number of hydrogen-bond acceptors (Lipinski definition) is 4. The van der Waals surface area contributed by atoms with E-state index in [0.717, 1.165) is 11.1 Å². The van der Waals surface area contributed by atoms with Gasteiger partial charge in [-0.2, -0.15) is 0 Å². The Morgan fingerprint density at radius 3 is 2.38 bits per heavy atom. The molecule has 0 atom stereocenters. The predicted molar refractivity (Wildman–Crippen MR) is 114 cm³/mol. The van der Waals surface area contributed by atoms with Crippen molar-refractivity contribution in [2.45, 2.75) is 13.2 Å². The van der Waals surface area contributed by atoms with Gasteiger partial charge in [0.15, 0.2) is 0 Å². The Balaban J connectivity index is 1.65. The summed E-state index contributed by atoms with van der Waals surface area (Å²) in [7, 11) is 0. The van der Waals surface area contributed by atoms with Crippen LogP contribution in [0.4, 0.5) is 16.2 Å². The number of ether oxygens (including phenoxy) is 1. The van der Waals surface area contributed by atoms with E-state index in [9.17, 15) is 9.59 Å². The van der Waals surface area contributed by atoms with Crippen LogP contribution in [0.15, 0.2) is 72.8 Å². The number of amides is 2. The number of carbonyl (C=O) groups excluding carboxylic acids is 2. The van der Waals surface area contributed by atoms with E-state index in [2.05, 4.69) is 10.6 Å². The summed E-state index contributed by atoms with van der Waals surface area (Å²) in [5.41, 5.74) is 8.67. The molecule has 0 aliphatic carbocycles. The Hall–Kier alpha value is -3.35. The van der Waals surface area contributed by atoms with Gasteiger partial charge in [-0.3, -0.25) is 10.1 Å². The highest BCUT2D eigenvalue weighted by Crippen LogP contribution is 2.21. The van der Waals surface area contributed by atoms with Gasteiger partial charge in [0.05, 0.1) is 0 Å². The lowest BCUT2D eigenvalue weighted by molar-refractivity contribution is 0.102. The number of anilines is 2. The van der Waals surface area contributed by atoms with Crippen molar-refractivity contribution in [3.05, 3.63) is 94.5 Å². The normalized spacial score (nSPS) is 10.3. The summed E-state index contributed by atoms with van der Waals surface area (Å²) in [6.45, 7) is 0.512. The monoisotopic (exact) mass is 409 g/mol. The van der Waals surface area contributed by atoms with Gasteiger partial charge in [-0.15, -0.1) is 0 Å². The highest BCUT2D eigenvalue weighted by molar-refractivity contribution is 6.31. The van der Waals surface area contributed by atoms with Crippen molar-refractivity contribution in [2.75, 3.05) is 10.6 Å². The minimum atomic E-state index is -0.641. The van der Waals surface area contributed by atoms with E-state index in [0.29, 0.717) is 28.5 Å². The number of hydrogen-bond donors (Lipinski definition) is 3. The molecule has 0 fully saturated rings. The Labute approximate surface area is 173 Å². The number of benzene rings is 3. The molecule has 7 heteroatoms. The van der Waals surface area contributed by atoms with E-state index in [4.69, 9.17) is 22.1 Å². The number of nitrogens with two attached hydrogens (primary N) is 1. The Morgan fingerprint density at radius 1 is 0.862 bits per heavy atom. The van der Waals surface area contributed by atoms with Gasteiger partial charge in [0.2, 0.25) is 0 Å². The van der Waals surface area contributed by atoms with Crippen LogP contribution in [0.3, 0.4) is 0 Å². The second-order valence-corrected chi connectivity index (χ2v) is 6.71. The molecule has 2 amide bonds. The molecule has 0 aliphatic rings. The van der Waals surface area contributed by atoms with Gasteiger partial charge in [-0.1, -0.05) is 54.1 Å². The van der Waals surface area contributed by atoms with Crippen LogP contribution in [0.25, 0.3) is 0 Å². The molecule has 0 unspecified atom stereocenters. The average Bonchev–Trinajstić information content (AvgIpc) is 2.72. The van der Waals surface area contributed by atoms with E-state index < -0.39 is 6.09 Å². The van der Waals surface area contributed by atoms with E-state index >= 15 is 0 Å². The van der Waals surface area contributed by atoms with Gasteiger partial charge >= 0.3 is 6.09 Å². The molecule has 0 radical (unpaired) electrons. The molecular formula is C22H20ClN3O3. The van der Waals surface area contributed by atoms with Gasteiger partial charge in [-0.05, 0) is 41.5 Å². The average molecular weight is 410 g/mol. The van der Waals surface area contributed by atoms with Crippen LogP contribution in [0.2, 0.25) is 5.02 Å².